The number of rotatable bonds is 5. The molecular formula is C18H26N2O3S. The first-order valence-corrected chi connectivity index (χ1v) is 10.2. The summed E-state index contributed by atoms with van der Waals surface area (Å²) in [5, 5.41) is 3.14. The molecule has 1 saturated carbocycles. The van der Waals surface area contributed by atoms with Gasteiger partial charge < -0.3 is 5.32 Å². The SMILES string of the molecule is CC[C@@H]1CN(S(=O)(=O)c2ccc(C)cc2)CC[C@@H]1NC(=O)C1CC1. The first kappa shape index (κ1) is 17.4. The van der Waals surface area contributed by atoms with Crippen LogP contribution < -0.4 is 5.32 Å². The van der Waals surface area contributed by atoms with Crippen molar-refractivity contribution in [2.45, 2.75) is 50.5 Å². The third-order valence-electron chi connectivity index (χ3n) is 5.16. The minimum Gasteiger partial charge on any atom is -0.353 e. The van der Waals surface area contributed by atoms with Gasteiger partial charge in [-0.25, -0.2) is 8.42 Å². The lowest BCUT2D eigenvalue weighted by Gasteiger charge is -2.38. The number of carbonyl (C=O) groups excluding carboxylic acids is 1. The van der Waals surface area contributed by atoms with Crippen molar-refractivity contribution in [2.24, 2.45) is 11.8 Å². The van der Waals surface area contributed by atoms with Crippen molar-refractivity contribution >= 4 is 15.9 Å². The van der Waals surface area contributed by atoms with Crippen LogP contribution in [0.15, 0.2) is 29.2 Å². The second-order valence-corrected chi connectivity index (χ2v) is 8.96. The van der Waals surface area contributed by atoms with Gasteiger partial charge in [0.25, 0.3) is 0 Å². The van der Waals surface area contributed by atoms with Crippen LogP contribution >= 0.6 is 0 Å². The Hall–Kier alpha value is -1.40. The average molecular weight is 350 g/mol. The number of carbonyl (C=O) groups is 1. The van der Waals surface area contributed by atoms with Crippen molar-refractivity contribution in [1.82, 2.24) is 9.62 Å². The van der Waals surface area contributed by atoms with E-state index in [-0.39, 0.29) is 23.8 Å². The summed E-state index contributed by atoms with van der Waals surface area (Å²) in [6, 6.07) is 7.09. The molecule has 0 radical (unpaired) electrons. The molecule has 24 heavy (non-hydrogen) atoms. The highest BCUT2D eigenvalue weighted by Gasteiger charge is 2.37. The monoisotopic (exact) mass is 350 g/mol. The molecule has 2 atom stereocenters. The van der Waals surface area contributed by atoms with Gasteiger partial charge in [-0.15, -0.1) is 0 Å². The van der Waals surface area contributed by atoms with Crippen LogP contribution in [0.25, 0.3) is 0 Å². The van der Waals surface area contributed by atoms with Crippen molar-refractivity contribution in [3.8, 4) is 0 Å². The van der Waals surface area contributed by atoms with E-state index in [1.165, 1.54) is 0 Å². The van der Waals surface area contributed by atoms with Gasteiger partial charge in [0.05, 0.1) is 4.90 Å². The highest BCUT2D eigenvalue weighted by molar-refractivity contribution is 7.89. The summed E-state index contributed by atoms with van der Waals surface area (Å²) in [6.45, 7) is 4.94. The van der Waals surface area contributed by atoms with Crippen molar-refractivity contribution in [1.29, 1.82) is 0 Å². The lowest BCUT2D eigenvalue weighted by atomic mass is 9.91. The zero-order valence-electron chi connectivity index (χ0n) is 14.4. The minimum absolute atomic E-state index is 0.0903. The second kappa shape index (κ2) is 6.84. The highest BCUT2D eigenvalue weighted by atomic mass is 32.2. The number of nitrogens with one attached hydrogen (secondary N) is 1. The van der Waals surface area contributed by atoms with Gasteiger partial charge in [0.2, 0.25) is 15.9 Å². The van der Waals surface area contributed by atoms with E-state index in [1.807, 2.05) is 19.1 Å². The second-order valence-electron chi connectivity index (χ2n) is 7.02. The molecule has 6 heteroatoms. The number of hydrogen-bond donors (Lipinski definition) is 1. The summed E-state index contributed by atoms with van der Waals surface area (Å²) >= 11 is 0. The topological polar surface area (TPSA) is 66.5 Å². The molecule has 1 aromatic carbocycles. The Bertz CT molecular complexity index is 695. The van der Waals surface area contributed by atoms with Crippen molar-refractivity contribution in [3.05, 3.63) is 29.8 Å². The van der Waals surface area contributed by atoms with Gasteiger partial charge >= 0.3 is 0 Å². The molecule has 1 saturated heterocycles. The predicted molar refractivity (Wildman–Crippen MR) is 93.0 cm³/mol. The van der Waals surface area contributed by atoms with Gasteiger partial charge in [0.1, 0.15) is 0 Å². The molecule has 3 rings (SSSR count). The maximum absolute atomic E-state index is 12.8. The molecule has 2 aliphatic rings. The van der Waals surface area contributed by atoms with E-state index in [2.05, 4.69) is 12.2 Å². The number of sulfonamides is 1. The van der Waals surface area contributed by atoms with E-state index < -0.39 is 10.0 Å². The summed E-state index contributed by atoms with van der Waals surface area (Å²) in [7, 11) is -3.46. The minimum atomic E-state index is -3.46. The first-order valence-electron chi connectivity index (χ1n) is 8.79. The Labute approximate surface area is 144 Å². The fraction of sp³-hybridized carbons (Fsp3) is 0.611. The molecule has 1 heterocycles. The van der Waals surface area contributed by atoms with Crippen LogP contribution in [0.5, 0.6) is 0 Å². The maximum atomic E-state index is 12.8. The smallest absolute Gasteiger partial charge is 0.243 e. The zero-order chi connectivity index (χ0) is 17.3. The molecule has 0 aromatic heterocycles. The van der Waals surface area contributed by atoms with Crippen LogP contribution in [0.3, 0.4) is 0 Å². The predicted octanol–water partition coefficient (Wildman–Crippen LogP) is 2.31. The molecule has 1 N–H and O–H groups in total. The van der Waals surface area contributed by atoms with Gasteiger partial charge in [-0.3, -0.25) is 4.79 Å². The lowest BCUT2D eigenvalue weighted by molar-refractivity contribution is -0.123. The molecule has 0 bridgehead atoms. The van der Waals surface area contributed by atoms with Gasteiger partial charge in [-0.1, -0.05) is 31.0 Å². The molecule has 0 unspecified atom stereocenters. The molecule has 0 spiro atoms. The van der Waals surface area contributed by atoms with Gasteiger partial charge in [0.15, 0.2) is 0 Å². The lowest BCUT2D eigenvalue weighted by Crippen LogP contribution is -2.52. The Balaban J connectivity index is 1.70. The number of nitrogens with zero attached hydrogens (tertiary/aromatic N) is 1. The summed E-state index contributed by atoms with van der Waals surface area (Å²) in [6.07, 6.45) is 3.52. The third kappa shape index (κ3) is 3.64. The number of piperidine rings is 1. The molecule has 1 aliphatic heterocycles. The van der Waals surface area contributed by atoms with Crippen LogP contribution in [0.1, 0.15) is 38.2 Å². The maximum Gasteiger partial charge on any atom is 0.243 e. The van der Waals surface area contributed by atoms with E-state index in [1.54, 1.807) is 16.4 Å². The highest BCUT2D eigenvalue weighted by Crippen LogP contribution is 2.31. The summed E-state index contributed by atoms with van der Waals surface area (Å²) < 4.78 is 27.3. The average Bonchev–Trinajstić information content (AvgIpc) is 3.40. The molecule has 132 valence electrons. The largest absolute Gasteiger partial charge is 0.353 e. The van der Waals surface area contributed by atoms with Gasteiger partial charge in [-0.05, 0) is 44.2 Å². The van der Waals surface area contributed by atoms with Crippen molar-refractivity contribution in [2.75, 3.05) is 13.1 Å². The van der Waals surface area contributed by atoms with Gasteiger partial charge in [0, 0.05) is 25.0 Å². The Morgan fingerprint density at radius 2 is 1.88 bits per heavy atom. The van der Waals surface area contributed by atoms with Crippen molar-refractivity contribution < 1.29 is 13.2 Å². The molecule has 2 fully saturated rings. The summed E-state index contributed by atoms with van der Waals surface area (Å²) in [5.41, 5.74) is 1.04. The van der Waals surface area contributed by atoms with E-state index >= 15 is 0 Å². The third-order valence-corrected chi connectivity index (χ3v) is 7.03. The van der Waals surface area contributed by atoms with Crippen LogP contribution in [0, 0.1) is 18.8 Å². The summed E-state index contributed by atoms with van der Waals surface area (Å²) in [5.74, 6) is 0.506. The Kier molecular flexibility index (Phi) is 4.97. The summed E-state index contributed by atoms with van der Waals surface area (Å²) in [4.78, 5) is 12.4. The van der Waals surface area contributed by atoms with E-state index in [0.29, 0.717) is 24.4 Å². The van der Waals surface area contributed by atoms with E-state index in [4.69, 9.17) is 0 Å². The molecule has 1 aromatic rings. The number of hydrogen-bond acceptors (Lipinski definition) is 3. The fourth-order valence-electron chi connectivity index (χ4n) is 3.33. The Morgan fingerprint density at radius 3 is 2.46 bits per heavy atom. The quantitative estimate of drug-likeness (QED) is 0.886. The van der Waals surface area contributed by atoms with Crippen LogP contribution in [-0.2, 0) is 14.8 Å². The Morgan fingerprint density at radius 1 is 1.21 bits per heavy atom. The standard InChI is InChI=1S/C18H26N2O3S/c1-3-14-12-20(11-10-17(14)19-18(21)15-6-7-15)24(22,23)16-8-4-13(2)5-9-16/h4-5,8-9,14-15,17H,3,6-7,10-12H2,1-2H3,(H,19,21)/t14-,17+/m1/s1. The molecule has 1 aliphatic carbocycles. The number of benzene rings is 1. The van der Waals surface area contributed by atoms with E-state index in [0.717, 1.165) is 24.8 Å². The van der Waals surface area contributed by atoms with Crippen LogP contribution in [0.2, 0.25) is 0 Å². The zero-order valence-corrected chi connectivity index (χ0v) is 15.2. The molecular weight excluding hydrogens is 324 g/mol. The molecule has 5 nitrogen and oxygen atoms in total. The van der Waals surface area contributed by atoms with Crippen molar-refractivity contribution in [3.63, 3.8) is 0 Å². The number of aryl methyl sites for hydroxylation is 1. The normalized spacial score (nSPS) is 25.4. The van der Waals surface area contributed by atoms with Crippen LogP contribution in [-0.4, -0.2) is 37.8 Å². The van der Waals surface area contributed by atoms with E-state index in [9.17, 15) is 13.2 Å². The molecule has 1 amide bonds. The fourth-order valence-corrected chi connectivity index (χ4v) is 4.84. The van der Waals surface area contributed by atoms with Crippen LogP contribution in [0.4, 0.5) is 0 Å². The number of amides is 1. The van der Waals surface area contributed by atoms with Gasteiger partial charge in [-0.2, -0.15) is 4.31 Å². The first-order chi connectivity index (χ1) is 11.4.